The Morgan fingerprint density at radius 3 is 1.19 bits per heavy atom. The van der Waals surface area contributed by atoms with Crippen LogP contribution in [0.15, 0.2) is 241 Å². The summed E-state index contributed by atoms with van der Waals surface area (Å²) < 4.78 is 6.50. The number of hydrogen-bond acceptors (Lipinski definition) is 4. The molecule has 0 atom stereocenters. The predicted molar refractivity (Wildman–Crippen MR) is 258 cm³/mol. The summed E-state index contributed by atoms with van der Waals surface area (Å²) in [6.07, 6.45) is 0. The molecule has 11 aromatic rings. The van der Waals surface area contributed by atoms with Gasteiger partial charge in [0.1, 0.15) is 11.2 Å². The van der Waals surface area contributed by atoms with Crippen LogP contribution in [0.25, 0.3) is 78.4 Å². The molecule has 0 bridgehead atoms. The van der Waals surface area contributed by atoms with E-state index in [0.29, 0.717) is 17.5 Å². The summed E-state index contributed by atoms with van der Waals surface area (Å²) >= 11 is 0. The largest absolute Gasteiger partial charge is 0.456 e. The molecule has 0 N–H and O–H groups in total. The van der Waals surface area contributed by atoms with Gasteiger partial charge in [-0.2, -0.15) is 0 Å². The molecule has 2 aromatic heterocycles. The summed E-state index contributed by atoms with van der Waals surface area (Å²) in [5.74, 6) is 1.91. The molecule has 62 heavy (non-hydrogen) atoms. The van der Waals surface area contributed by atoms with E-state index in [4.69, 9.17) is 19.4 Å². The maximum Gasteiger partial charge on any atom is 0.179 e. The number of fused-ring (bicyclic) bond motifs is 3. The summed E-state index contributed by atoms with van der Waals surface area (Å²) in [7, 11) is -2.63. The summed E-state index contributed by atoms with van der Waals surface area (Å²) in [4.78, 5) is 14.8. The van der Waals surface area contributed by atoms with Crippen molar-refractivity contribution in [3.63, 3.8) is 0 Å². The Morgan fingerprint density at radius 1 is 0.290 bits per heavy atom. The van der Waals surface area contributed by atoms with Crippen LogP contribution >= 0.6 is 0 Å². The van der Waals surface area contributed by atoms with E-state index < -0.39 is 8.07 Å². The smallest absolute Gasteiger partial charge is 0.179 e. The van der Waals surface area contributed by atoms with Crippen molar-refractivity contribution in [3.05, 3.63) is 237 Å². The fraction of sp³-hybridized carbons (Fsp3) is 0. The molecule has 11 rings (SSSR count). The van der Waals surface area contributed by atoms with E-state index in [9.17, 15) is 0 Å². The topological polar surface area (TPSA) is 51.8 Å². The predicted octanol–water partition coefficient (Wildman–Crippen LogP) is 11.5. The molecule has 0 fully saturated rings. The fourth-order valence-electron chi connectivity index (χ4n) is 8.96. The minimum atomic E-state index is -2.63. The van der Waals surface area contributed by atoms with Gasteiger partial charge in [0.2, 0.25) is 0 Å². The van der Waals surface area contributed by atoms with Crippen LogP contribution in [0, 0.1) is 0 Å². The maximum absolute atomic E-state index is 6.50. The molecule has 0 spiro atoms. The first-order valence-electron chi connectivity index (χ1n) is 20.9. The standard InChI is InChI=1S/C57H39N3OSi/c1-6-17-42(18-7-1)55-58-56(43-19-8-2-9-20-43)60-57(59-55)44-31-29-41(30-32-44)50-27-16-28-53-54(50)51-39-45(35-38-52(51)61-53)40-33-36-49(37-34-40)62(46-21-10-3-11-22-46,47-23-12-4-13-24-47)48-25-14-5-15-26-48/h1-39H. The Labute approximate surface area is 361 Å². The SMILES string of the molecule is c1ccc(-c2nc(-c3ccccc3)nc(-c3ccc(-c4cccc5oc6ccc(-c7ccc([Si](c8ccccc8)(c8ccccc8)c8ccccc8)cc7)cc6c45)cc3)n2)cc1. The van der Waals surface area contributed by atoms with Gasteiger partial charge in [-0.05, 0) is 61.2 Å². The molecule has 292 valence electrons. The number of benzene rings is 9. The van der Waals surface area contributed by atoms with Crippen molar-refractivity contribution in [2.24, 2.45) is 0 Å². The van der Waals surface area contributed by atoms with Gasteiger partial charge in [-0.1, -0.05) is 218 Å². The molecule has 0 saturated heterocycles. The van der Waals surface area contributed by atoms with Crippen molar-refractivity contribution in [3.8, 4) is 56.4 Å². The highest BCUT2D eigenvalue weighted by Gasteiger charge is 2.41. The number of aromatic nitrogens is 3. The molecule has 0 radical (unpaired) electrons. The van der Waals surface area contributed by atoms with Crippen LogP contribution in [-0.2, 0) is 0 Å². The first-order valence-corrected chi connectivity index (χ1v) is 22.9. The van der Waals surface area contributed by atoms with Gasteiger partial charge in [-0.25, -0.2) is 15.0 Å². The van der Waals surface area contributed by atoms with E-state index in [1.807, 2.05) is 60.7 Å². The van der Waals surface area contributed by atoms with Crippen LogP contribution in [-0.4, -0.2) is 23.0 Å². The second-order valence-electron chi connectivity index (χ2n) is 15.5. The van der Waals surface area contributed by atoms with Crippen molar-refractivity contribution in [2.45, 2.75) is 0 Å². The Hall–Kier alpha value is -7.99. The van der Waals surface area contributed by atoms with Crippen LogP contribution < -0.4 is 20.7 Å². The number of nitrogens with zero attached hydrogens (tertiary/aromatic N) is 3. The van der Waals surface area contributed by atoms with Gasteiger partial charge in [0.25, 0.3) is 0 Å². The van der Waals surface area contributed by atoms with Crippen molar-refractivity contribution in [1.82, 2.24) is 15.0 Å². The van der Waals surface area contributed by atoms with Crippen molar-refractivity contribution in [1.29, 1.82) is 0 Å². The molecule has 0 saturated carbocycles. The zero-order valence-electron chi connectivity index (χ0n) is 33.8. The lowest BCUT2D eigenvalue weighted by molar-refractivity contribution is 0.669. The molecule has 4 nitrogen and oxygen atoms in total. The Kier molecular flexibility index (Phi) is 9.49. The van der Waals surface area contributed by atoms with Crippen LogP contribution in [0.1, 0.15) is 0 Å². The molecular formula is C57H39N3OSi. The Balaban J connectivity index is 0.977. The molecule has 0 aliphatic heterocycles. The van der Waals surface area contributed by atoms with Crippen LogP contribution in [0.3, 0.4) is 0 Å². The van der Waals surface area contributed by atoms with E-state index in [-0.39, 0.29) is 0 Å². The molecule has 5 heteroatoms. The van der Waals surface area contributed by atoms with E-state index in [2.05, 4.69) is 176 Å². The average molecular weight is 810 g/mol. The average Bonchev–Trinajstić information content (AvgIpc) is 3.74. The van der Waals surface area contributed by atoms with Gasteiger partial charge in [0.05, 0.1) is 0 Å². The highest BCUT2D eigenvalue weighted by atomic mass is 28.3. The van der Waals surface area contributed by atoms with Gasteiger partial charge in [0.15, 0.2) is 25.5 Å². The van der Waals surface area contributed by atoms with E-state index in [1.165, 1.54) is 20.7 Å². The summed E-state index contributed by atoms with van der Waals surface area (Å²) in [6, 6.07) is 84.0. The van der Waals surface area contributed by atoms with Crippen LogP contribution in [0.2, 0.25) is 0 Å². The zero-order valence-corrected chi connectivity index (χ0v) is 34.8. The molecule has 0 amide bonds. The lowest BCUT2D eigenvalue weighted by Gasteiger charge is -2.34. The third-order valence-corrected chi connectivity index (χ3v) is 16.7. The van der Waals surface area contributed by atoms with E-state index in [1.54, 1.807) is 0 Å². The maximum atomic E-state index is 6.50. The lowest BCUT2D eigenvalue weighted by Crippen LogP contribution is -2.74. The van der Waals surface area contributed by atoms with Crippen molar-refractivity contribution < 1.29 is 4.42 Å². The quantitative estimate of drug-likeness (QED) is 0.108. The number of hydrogen-bond donors (Lipinski definition) is 0. The van der Waals surface area contributed by atoms with Crippen molar-refractivity contribution >= 4 is 50.8 Å². The zero-order chi connectivity index (χ0) is 41.3. The van der Waals surface area contributed by atoms with Gasteiger partial charge in [-0.3, -0.25) is 0 Å². The Bertz CT molecular complexity index is 3150. The van der Waals surface area contributed by atoms with Gasteiger partial charge in [0, 0.05) is 27.5 Å². The second kappa shape index (κ2) is 15.9. The molecular weight excluding hydrogens is 771 g/mol. The lowest BCUT2D eigenvalue weighted by atomic mass is 9.97. The highest BCUT2D eigenvalue weighted by molar-refractivity contribution is 7.19. The minimum Gasteiger partial charge on any atom is -0.456 e. The van der Waals surface area contributed by atoms with Gasteiger partial charge in [-0.15, -0.1) is 0 Å². The third-order valence-electron chi connectivity index (χ3n) is 11.9. The third kappa shape index (κ3) is 6.62. The van der Waals surface area contributed by atoms with Gasteiger partial charge >= 0.3 is 0 Å². The van der Waals surface area contributed by atoms with Crippen molar-refractivity contribution in [2.75, 3.05) is 0 Å². The molecule has 9 aromatic carbocycles. The van der Waals surface area contributed by atoms with E-state index >= 15 is 0 Å². The fourth-order valence-corrected chi connectivity index (χ4v) is 13.7. The summed E-state index contributed by atoms with van der Waals surface area (Å²) in [5.41, 5.74) is 9.01. The van der Waals surface area contributed by atoms with Gasteiger partial charge < -0.3 is 4.42 Å². The molecule has 0 aliphatic carbocycles. The highest BCUT2D eigenvalue weighted by Crippen LogP contribution is 2.39. The first-order chi connectivity index (χ1) is 30.7. The number of furan rings is 1. The molecule has 2 heterocycles. The second-order valence-corrected chi connectivity index (χ2v) is 19.3. The number of rotatable bonds is 9. The monoisotopic (exact) mass is 809 g/mol. The van der Waals surface area contributed by atoms with Crippen LogP contribution in [0.5, 0.6) is 0 Å². The molecule has 0 unspecified atom stereocenters. The minimum absolute atomic E-state index is 0.628. The van der Waals surface area contributed by atoms with E-state index in [0.717, 1.165) is 60.9 Å². The Morgan fingerprint density at radius 2 is 0.694 bits per heavy atom. The molecule has 0 aliphatic rings. The normalized spacial score (nSPS) is 11.5. The van der Waals surface area contributed by atoms with Crippen LogP contribution in [0.4, 0.5) is 0 Å². The first kappa shape index (κ1) is 37.0. The summed E-state index contributed by atoms with van der Waals surface area (Å²) in [5, 5.41) is 7.60. The summed E-state index contributed by atoms with van der Waals surface area (Å²) in [6.45, 7) is 0.